The molecule has 10 nitrogen and oxygen atoms in total. The van der Waals surface area contributed by atoms with Gasteiger partial charge in [0.05, 0.1) is 41.8 Å². The lowest BCUT2D eigenvalue weighted by molar-refractivity contribution is -0.0299. The lowest BCUT2D eigenvalue weighted by atomic mass is 9.91. The molecule has 7 rings (SSSR count). The zero-order chi connectivity index (χ0) is 25.1. The molecule has 1 saturated heterocycles. The van der Waals surface area contributed by atoms with E-state index in [2.05, 4.69) is 27.3 Å². The summed E-state index contributed by atoms with van der Waals surface area (Å²) >= 11 is 0. The molecule has 0 atom stereocenters. The van der Waals surface area contributed by atoms with Crippen LogP contribution in [-0.4, -0.2) is 63.7 Å². The second-order valence-electron chi connectivity index (χ2n) is 10.8. The van der Waals surface area contributed by atoms with E-state index in [1.807, 2.05) is 23.0 Å². The van der Waals surface area contributed by atoms with Gasteiger partial charge in [-0.2, -0.15) is 10.2 Å². The van der Waals surface area contributed by atoms with E-state index >= 15 is 0 Å². The molecule has 37 heavy (non-hydrogen) atoms. The molecule has 0 unspecified atom stereocenters. The summed E-state index contributed by atoms with van der Waals surface area (Å²) in [5.74, 6) is 0.614. The van der Waals surface area contributed by atoms with Gasteiger partial charge in [0.1, 0.15) is 11.7 Å². The van der Waals surface area contributed by atoms with E-state index in [0.29, 0.717) is 54.5 Å². The molecular formula is C27H29N7O3. The second-order valence-corrected chi connectivity index (χ2v) is 10.8. The number of carbonyl (C=O) groups excluding carboxylic acids is 1. The molecule has 3 aromatic heterocycles. The third-order valence-corrected chi connectivity index (χ3v) is 7.96. The molecule has 0 radical (unpaired) electrons. The average molecular weight is 500 g/mol. The number of likely N-dealkylation sites (tertiary alicyclic amines) is 1. The first-order valence-electron chi connectivity index (χ1n) is 13.1. The molecule has 2 aliphatic carbocycles. The van der Waals surface area contributed by atoms with E-state index in [-0.39, 0.29) is 18.0 Å². The number of fused-ring (bicyclic) bond motifs is 1. The largest absolute Gasteiger partial charge is 0.388 e. The van der Waals surface area contributed by atoms with Crippen molar-refractivity contribution in [2.45, 2.75) is 62.6 Å². The highest BCUT2D eigenvalue weighted by molar-refractivity contribution is 5.93. The SMILES string of the molecule is O=C(c1cnn(C2CC2)c1)N1CCC(O)(Cn2cnc3c(cnn3-c3ccc(C4CC4)cc3)c2=O)CC1. The number of piperidine rings is 1. The van der Waals surface area contributed by atoms with Gasteiger partial charge in [0.15, 0.2) is 5.65 Å². The first-order valence-corrected chi connectivity index (χ1v) is 13.1. The molecule has 4 aromatic rings. The molecule has 0 bridgehead atoms. The molecule has 2 saturated carbocycles. The van der Waals surface area contributed by atoms with Crippen molar-refractivity contribution in [2.75, 3.05) is 13.1 Å². The Labute approximate surface area is 213 Å². The van der Waals surface area contributed by atoms with Crippen LogP contribution in [0.2, 0.25) is 0 Å². The highest BCUT2D eigenvalue weighted by Crippen LogP contribution is 2.40. The predicted octanol–water partition coefficient (Wildman–Crippen LogP) is 2.66. The van der Waals surface area contributed by atoms with Crippen molar-refractivity contribution in [2.24, 2.45) is 0 Å². The van der Waals surface area contributed by atoms with E-state index in [4.69, 9.17) is 0 Å². The van der Waals surface area contributed by atoms with Crippen LogP contribution in [0, 0.1) is 0 Å². The van der Waals surface area contributed by atoms with Crippen LogP contribution in [0.4, 0.5) is 0 Å². The maximum absolute atomic E-state index is 13.2. The Bertz CT molecular complexity index is 1530. The zero-order valence-corrected chi connectivity index (χ0v) is 20.5. The van der Waals surface area contributed by atoms with Gasteiger partial charge >= 0.3 is 0 Å². The minimum absolute atomic E-state index is 0.0632. The van der Waals surface area contributed by atoms with Crippen LogP contribution in [-0.2, 0) is 6.54 Å². The standard InChI is InChI=1S/C27H29N7O3/c35-25(20-13-29-33(15-20)21-7-8-21)31-11-9-27(37,10-12-31)16-32-17-28-24-23(26(32)36)14-30-34(24)22-5-3-19(4-6-22)18-1-2-18/h3-6,13-15,17-18,21,37H,1-2,7-12,16H2. The fourth-order valence-electron chi connectivity index (χ4n) is 5.33. The molecule has 1 aromatic carbocycles. The van der Waals surface area contributed by atoms with Crippen LogP contribution in [0.5, 0.6) is 0 Å². The highest BCUT2D eigenvalue weighted by Gasteiger charge is 2.36. The van der Waals surface area contributed by atoms with Crippen molar-refractivity contribution in [1.29, 1.82) is 0 Å². The molecule has 10 heteroatoms. The van der Waals surface area contributed by atoms with Crippen molar-refractivity contribution in [1.82, 2.24) is 34.0 Å². The maximum atomic E-state index is 13.2. The van der Waals surface area contributed by atoms with Crippen molar-refractivity contribution >= 4 is 16.9 Å². The molecule has 3 fully saturated rings. The molecule has 3 aliphatic rings. The number of hydrogen-bond donors (Lipinski definition) is 1. The summed E-state index contributed by atoms with van der Waals surface area (Å²) in [5.41, 5.74) is 1.96. The van der Waals surface area contributed by atoms with Gasteiger partial charge in [0, 0.05) is 19.3 Å². The molecule has 1 amide bonds. The Morgan fingerprint density at radius 1 is 1.03 bits per heavy atom. The van der Waals surface area contributed by atoms with Gasteiger partial charge in [-0.05, 0) is 62.1 Å². The van der Waals surface area contributed by atoms with E-state index in [9.17, 15) is 14.7 Å². The third-order valence-electron chi connectivity index (χ3n) is 7.96. The van der Waals surface area contributed by atoms with Gasteiger partial charge in [0.2, 0.25) is 0 Å². The maximum Gasteiger partial charge on any atom is 0.264 e. The number of nitrogens with zero attached hydrogens (tertiary/aromatic N) is 7. The first kappa shape index (κ1) is 22.4. The smallest absolute Gasteiger partial charge is 0.264 e. The number of rotatable bonds is 6. The van der Waals surface area contributed by atoms with Gasteiger partial charge in [-0.15, -0.1) is 0 Å². The van der Waals surface area contributed by atoms with Crippen LogP contribution in [0.25, 0.3) is 16.7 Å². The quantitative estimate of drug-likeness (QED) is 0.437. The lowest BCUT2D eigenvalue weighted by Gasteiger charge is -2.38. The van der Waals surface area contributed by atoms with Gasteiger partial charge < -0.3 is 10.0 Å². The molecule has 4 heterocycles. The van der Waals surface area contributed by atoms with E-state index < -0.39 is 5.60 Å². The Hall–Kier alpha value is -3.79. The van der Waals surface area contributed by atoms with Crippen molar-refractivity contribution in [3.63, 3.8) is 0 Å². The van der Waals surface area contributed by atoms with Crippen LogP contribution in [0.1, 0.15) is 66.4 Å². The van der Waals surface area contributed by atoms with E-state index in [0.717, 1.165) is 18.5 Å². The van der Waals surface area contributed by atoms with Gasteiger partial charge in [-0.3, -0.25) is 18.8 Å². The number of aromatic nitrogens is 6. The van der Waals surface area contributed by atoms with Crippen molar-refractivity contribution < 1.29 is 9.90 Å². The molecule has 1 N–H and O–H groups in total. The van der Waals surface area contributed by atoms with Crippen molar-refractivity contribution in [3.05, 3.63) is 70.7 Å². The summed E-state index contributed by atoms with van der Waals surface area (Å²) in [5, 5.41) is 20.4. The number of hydrogen-bond acceptors (Lipinski definition) is 6. The van der Waals surface area contributed by atoms with E-state index in [1.54, 1.807) is 22.0 Å². The topological polar surface area (TPSA) is 111 Å². The summed E-state index contributed by atoms with van der Waals surface area (Å²) in [6.07, 6.45) is 12.0. The Kier molecular flexibility index (Phi) is 5.07. The summed E-state index contributed by atoms with van der Waals surface area (Å²) in [7, 11) is 0. The lowest BCUT2D eigenvalue weighted by Crippen LogP contribution is -2.49. The highest BCUT2D eigenvalue weighted by atomic mass is 16.3. The zero-order valence-electron chi connectivity index (χ0n) is 20.5. The average Bonchev–Trinajstić information content (AvgIpc) is 3.85. The minimum Gasteiger partial charge on any atom is -0.388 e. The van der Waals surface area contributed by atoms with Crippen LogP contribution < -0.4 is 5.56 Å². The molecular weight excluding hydrogens is 470 g/mol. The summed E-state index contributed by atoms with van der Waals surface area (Å²) in [6, 6.07) is 8.70. The van der Waals surface area contributed by atoms with Gasteiger partial charge in [0.25, 0.3) is 11.5 Å². The van der Waals surface area contributed by atoms with Gasteiger partial charge in [-0.25, -0.2) is 9.67 Å². The number of carbonyl (C=O) groups is 1. The number of benzene rings is 1. The molecule has 1 aliphatic heterocycles. The first-order chi connectivity index (χ1) is 18.0. The third kappa shape index (κ3) is 4.15. The second kappa shape index (κ2) is 8.37. The fourth-order valence-corrected chi connectivity index (χ4v) is 5.33. The summed E-state index contributed by atoms with van der Waals surface area (Å²) in [6.45, 7) is 0.962. The van der Waals surface area contributed by atoms with Crippen LogP contribution in [0.3, 0.4) is 0 Å². The Morgan fingerprint density at radius 2 is 1.78 bits per heavy atom. The number of amides is 1. The van der Waals surface area contributed by atoms with E-state index in [1.165, 1.54) is 29.3 Å². The molecule has 190 valence electrons. The summed E-state index contributed by atoms with van der Waals surface area (Å²) < 4.78 is 5.01. The predicted molar refractivity (Wildman–Crippen MR) is 136 cm³/mol. The fraction of sp³-hybridized carbons (Fsp3) is 0.444. The monoisotopic (exact) mass is 499 g/mol. The summed E-state index contributed by atoms with van der Waals surface area (Å²) in [4.78, 5) is 32.4. The normalized spacial score (nSPS) is 19.4. The van der Waals surface area contributed by atoms with Crippen LogP contribution >= 0.6 is 0 Å². The Balaban J connectivity index is 1.05. The van der Waals surface area contributed by atoms with Gasteiger partial charge in [-0.1, -0.05) is 12.1 Å². The molecule has 0 spiro atoms. The van der Waals surface area contributed by atoms with Crippen LogP contribution in [0.15, 0.2) is 54.0 Å². The van der Waals surface area contributed by atoms with Crippen molar-refractivity contribution in [3.8, 4) is 5.69 Å². The minimum atomic E-state index is -1.09. The number of aliphatic hydroxyl groups is 1. The Morgan fingerprint density at radius 3 is 2.49 bits per heavy atom.